The van der Waals surface area contributed by atoms with E-state index in [0.717, 1.165) is 18.4 Å². The number of likely N-dealkylation sites (tertiary alicyclic amines) is 1. The van der Waals surface area contributed by atoms with Gasteiger partial charge in [0.25, 0.3) is 0 Å². The van der Waals surface area contributed by atoms with E-state index in [1.807, 2.05) is 41.8 Å². The zero-order valence-electron chi connectivity index (χ0n) is 15.2. The maximum atomic E-state index is 12.9. The van der Waals surface area contributed by atoms with Crippen LogP contribution < -0.4 is 0 Å². The summed E-state index contributed by atoms with van der Waals surface area (Å²) >= 11 is 0. The van der Waals surface area contributed by atoms with Crippen molar-refractivity contribution >= 4 is 11.8 Å². The van der Waals surface area contributed by atoms with Crippen molar-refractivity contribution in [3.05, 3.63) is 35.9 Å². The second-order valence-corrected chi connectivity index (χ2v) is 7.31. The molecule has 2 aliphatic rings. The fourth-order valence-electron chi connectivity index (χ4n) is 3.69. The maximum Gasteiger partial charge on any atom is 0.225 e. The molecule has 1 aromatic rings. The van der Waals surface area contributed by atoms with Gasteiger partial charge in [0.2, 0.25) is 11.8 Å². The Morgan fingerprint density at radius 3 is 2.36 bits per heavy atom. The van der Waals surface area contributed by atoms with Gasteiger partial charge in [0.05, 0.1) is 13.2 Å². The minimum Gasteiger partial charge on any atom is -0.370 e. The summed E-state index contributed by atoms with van der Waals surface area (Å²) in [6, 6.07) is 10.1. The topological polar surface area (TPSA) is 49.9 Å². The van der Waals surface area contributed by atoms with Crippen molar-refractivity contribution in [1.82, 2.24) is 9.80 Å². The molecule has 1 unspecified atom stereocenters. The van der Waals surface area contributed by atoms with E-state index in [0.29, 0.717) is 32.8 Å². The van der Waals surface area contributed by atoms with Crippen molar-refractivity contribution in [3.8, 4) is 0 Å². The second-order valence-electron chi connectivity index (χ2n) is 7.31. The van der Waals surface area contributed by atoms with Gasteiger partial charge in [0, 0.05) is 31.5 Å². The summed E-state index contributed by atoms with van der Waals surface area (Å²) in [6.45, 7) is 7.10. The van der Waals surface area contributed by atoms with E-state index in [1.165, 1.54) is 0 Å². The monoisotopic (exact) mass is 344 g/mol. The molecule has 1 aromatic carbocycles. The molecule has 1 atom stereocenters. The molecule has 0 aromatic heterocycles. The summed E-state index contributed by atoms with van der Waals surface area (Å²) in [5.41, 5.74) is 1.12. The van der Waals surface area contributed by atoms with Crippen LogP contribution in [0.25, 0.3) is 0 Å². The quantitative estimate of drug-likeness (QED) is 0.846. The molecule has 3 rings (SSSR count). The van der Waals surface area contributed by atoms with Crippen LogP contribution in [0.5, 0.6) is 0 Å². The molecule has 5 heteroatoms. The van der Waals surface area contributed by atoms with Crippen molar-refractivity contribution in [2.24, 2.45) is 11.8 Å². The third-order valence-corrected chi connectivity index (χ3v) is 5.20. The fraction of sp³-hybridized carbons (Fsp3) is 0.600. The standard InChI is InChI=1S/C20H28N2O3/c1-15(2)19(23)21-10-8-17(9-11-21)20(24)22-12-13-25-18(14-22)16-6-4-3-5-7-16/h3-7,15,17-18H,8-14H2,1-2H3. The molecule has 2 fully saturated rings. The normalized spacial score (nSPS) is 22.3. The number of hydrogen-bond acceptors (Lipinski definition) is 3. The van der Waals surface area contributed by atoms with E-state index in [1.54, 1.807) is 0 Å². The number of carbonyl (C=O) groups excluding carboxylic acids is 2. The van der Waals surface area contributed by atoms with Gasteiger partial charge in [0.1, 0.15) is 6.10 Å². The third-order valence-electron chi connectivity index (χ3n) is 5.20. The Balaban J connectivity index is 1.56. The lowest BCUT2D eigenvalue weighted by Gasteiger charge is -2.38. The minimum atomic E-state index is -0.0403. The van der Waals surface area contributed by atoms with E-state index in [4.69, 9.17) is 4.74 Å². The summed E-state index contributed by atoms with van der Waals surface area (Å²) in [5, 5.41) is 0. The Kier molecular flexibility index (Phi) is 5.74. The zero-order chi connectivity index (χ0) is 17.8. The van der Waals surface area contributed by atoms with Crippen molar-refractivity contribution in [1.29, 1.82) is 0 Å². The molecule has 5 nitrogen and oxygen atoms in total. The van der Waals surface area contributed by atoms with Crippen LogP contribution in [-0.2, 0) is 14.3 Å². The van der Waals surface area contributed by atoms with Gasteiger partial charge >= 0.3 is 0 Å². The first-order valence-electron chi connectivity index (χ1n) is 9.30. The predicted octanol–water partition coefficient (Wildman–Crippen LogP) is 2.48. The number of piperidine rings is 1. The molecule has 2 heterocycles. The zero-order valence-corrected chi connectivity index (χ0v) is 15.2. The lowest BCUT2D eigenvalue weighted by Crippen LogP contribution is -2.48. The smallest absolute Gasteiger partial charge is 0.225 e. The Bertz CT molecular complexity index is 594. The van der Waals surface area contributed by atoms with Crippen LogP contribution >= 0.6 is 0 Å². The number of carbonyl (C=O) groups is 2. The first kappa shape index (κ1) is 17.9. The van der Waals surface area contributed by atoms with E-state index in [2.05, 4.69) is 12.1 Å². The minimum absolute atomic E-state index is 0.0260. The van der Waals surface area contributed by atoms with Gasteiger partial charge in [-0.3, -0.25) is 9.59 Å². The van der Waals surface area contributed by atoms with Crippen LogP contribution in [0, 0.1) is 11.8 Å². The van der Waals surface area contributed by atoms with Gasteiger partial charge in [-0.1, -0.05) is 44.2 Å². The second kappa shape index (κ2) is 8.00. The van der Waals surface area contributed by atoms with Crippen LogP contribution in [0.1, 0.15) is 38.4 Å². The average Bonchev–Trinajstić information content (AvgIpc) is 2.67. The molecule has 25 heavy (non-hydrogen) atoms. The Hall–Kier alpha value is -1.88. The van der Waals surface area contributed by atoms with Crippen molar-refractivity contribution in [3.63, 3.8) is 0 Å². The molecule has 0 N–H and O–H groups in total. The predicted molar refractivity (Wildman–Crippen MR) is 95.9 cm³/mol. The van der Waals surface area contributed by atoms with Crippen LogP contribution in [-0.4, -0.2) is 54.4 Å². The van der Waals surface area contributed by atoms with Crippen LogP contribution in [0.15, 0.2) is 30.3 Å². The Morgan fingerprint density at radius 1 is 1.04 bits per heavy atom. The van der Waals surface area contributed by atoms with Crippen LogP contribution in [0.4, 0.5) is 0 Å². The summed E-state index contributed by atoms with van der Waals surface area (Å²) in [4.78, 5) is 28.9. The number of nitrogens with zero attached hydrogens (tertiary/aromatic N) is 2. The van der Waals surface area contributed by atoms with E-state index in [-0.39, 0.29) is 29.8 Å². The number of rotatable bonds is 3. The fourth-order valence-corrected chi connectivity index (χ4v) is 3.69. The number of amides is 2. The van der Waals surface area contributed by atoms with Crippen molar-refractivity contribution in [2.45, 2.75) is 32.8 Å². The highest BCUT2D eigenvalue weighted by Gasteiger charge is 2.33. The molecule has 0 aliphatic carbocycles. The number of ether oxygens (including phenoxy) is 1. The molecule has 0 saturated carbocycles. The Labute approximate surface area is 149 Å². The first-order valence-corrected chi connectivity index (χ1v) is 9.30. The molecule has 136 valence electrons. The van der Waals surface area contributed by atoms with Crippen molar-refractivity contribution < 1.29 is 14.3 Å². The molecular weight excluding hydrogens is 316 g/mol. The van der Waals surface area contributed by atoms with Gasteiger partial charge in [-0.2, -0.15) is 0 Å². The maximum absolute atomic E-state index is 12.9. The van der Waals surface area contributed by atoms with Crippen LogP contribution in [0.3, 0.4) is 0 Å². The highest BCUT2D eigenvalue weighted by molar-refractivity contribution is 5.81. The molecule has 0 spiro atoms. The molecule has 2 amide bonds. The number of benzene rings is 1. The molecule has 0 bridgehead atoms. The Morgan fingerprint density at radius 2 is 1.72 bits per heavy atom. The van der Waals surface area contributed by atoms with E-state index < -0.39 is 0 Å². The highest BCUT2D eigenvalue weighted by Crippen LogP contribution is 2.26. The molecule has 2 saturated heterocycles. The lowest BCUT2D eigenvalue weighted by molar-refractivity contribution is -0.147. The highest BCUT2D eigenvalue weighted by atomic mass is 16.5. The third kappa shape index (κ3) is 4.21. The number of morpholine rings is 1. The molecule has 2 aliphatic heterocycles. The van der Waals surface area contributed by atoms with Gasteiger partial charge in [-0.05, 0) is 18.4 Å². The van der Waals surface area contributed by atoms with E-state index >= 15 is 0 Å². The largest absolute Gasteiger partial charge is 0.370 e. The first-order chi connectivity index (χ1) is 12.1. The molecule has 0 radical (unpaired) electrons. The van der Waals surface area contributed by atoms with E-state index in [9.17, 15) is 9.59 Å². The summed E-state index contributed by atoms with van der Waals surface area (Å²) in [6.07, 6.45) is 1.50. The van der Waals surface area contributed by atoms with Crippen LogP contribution in [0.2, 0.25) is 0 Å². The molecular formula is C20H28N2O3. The number of hydrogen-bond donors (Lipinski definition) is 0. The summed E-state index contributed by atoms with van der Waals surface area (Å²) in [5.74, 6) is 0.478. The van der Waals surface area contributed by atoms with Gasteiger partial charge in [-0.25, -0.2) is 0 Å². The summed E-state index contributed by atoms with van der Waals surface area (Å²) < 4.78 is 5.86. The SMILES string of the molecule is CC(C)C(=O)N1CCC(C(=O)N2CCOC(c3ccccc3)C2)CC1. The van der Waals surface area contributed by atoms with Gasteiger partial charge in [-0.15, -0.1) is 0 Å². The average molecular weight is 344 g/mol. The lowest BCUT2D eigenvalue weighted by atomic mass is 9.94. The van der Waals surface area contributed by atoms with Crippen molar-refractivity contribution in [2.75, 3.05) is 32.8 Å². The van der Waals surface area contributed by atoms with Gasteiger partial charge < -0.3 is 14.5 Å². The van der Waals surface area contributed by atoms with Gasteiger partial charge in [0.15, 0.2) is 0 Å². The summed E-state index contributed by atoms with van der Waals surface area (Å²) in [7, 11) is 0.